The molecule has 106 valence electrons. The first-order valence-electron chi connectivity index (χ1n) is 7.73. The second-order valence-electron chi connectivity index (χ2n) is 6.92. The van der Waals surface area contributed by atoms with Gasteiger partial charge in [0.2, 0.25) is 0 Å². The average molecular weight is 253 g/mol. The van der Waals surface area contributed by atoms with Crippen molar-refractivity contribution in [2.24, 2.45) is 0 Å². The number of nitrogens with one attached hydrogen (secondary N) is 1. The van der Waals surface area contributed by atoms with E-state index in [1.807, 2.05) is 0 Å². The van der Waals surface area contributed by atoms with Gasteiger partial charge in [0.15, 0.2) is 0 Å². The maximum Gasteiger partial charge on any atom is 0.0126 e. The summed E-state index contributed by atoms with van der Waals surface area (Å²) in [5.74, 6) is 0. The quantitative estimate of drug-likeness (QED) is 0.829. The fourth-order valence-electron chi connectivity index (χ4n) is 3.52. The summed E-state index contributed by atoms with van der Waals surface area (Å²) in [7, 11) is 0. The minimum atomic E-state index is 0.341. The third-order valence-corrected chi connectivity index (χ3v) is 4.68. The van der Waals surface area contributed by atoms with Crippen molar-refractivity contribution >= 4 is 0 Å². The van der Waals surface area contributed by atoms with Crippen LogP contribution >= 0.6 is 0 Å². The molecule has 0 aromatic rings. The molecule has 3 heteroatoms. The van der Waals surface area contributed by atoms with E-state index in [0.717, 1.165) is 18.6 Å². The van der Waals surface area contributed by atoms with Crippen LogP contribution in [0.1, 0.15) is 47.0 Å². The first kappa shape index (κ1) is 14.3. The summed E-state index contributed by atoms with van der Waals surface area (Å²) in [4.78, 5) is 5.36. The van der Waals surface area contributed by atoms with Gasteiger partial charge in [0.25, 0.3) is 0 Å². The molecule has 2 fully saturated rings. The third-order valence-electron chi connectivity index (χ3n) is 4.68. The van der Waals surface area contributed by atoms with Gasteiger partial charge in [-0.25, -0.2) is 0 Å². The molecule has 18 heavy (non-hydrogen) atoms. The van der Waals surface area contributed by atoms with E-state index in [-0.39, 0.29) is 0 Å². The molecule has 0 aromatic heterocycles. The lowest BCUT2D eigenvalue weighted by molar-refractivity contribution is 0.0428. The van der Waals surface area contributed by atoms with Crippen molar-refractivity contribution in [1.82, 2.24) is 15.1 Å². The molecule has 2 aliphatic rings. The van der Waals surface area contributed by atoms with Gasteiger partial charge < -0.3 is 5.32 Å². The minimum Gasteiger partial charge on any atom is -0.314 e. The Balaban J connectivity index is 1.77. The second kappa shape index (κ2) is 5.89. The van der Waals surface area contributed by atoms with Gasteiger partial charge in [0.1, 0.15) is 0 Å². The van der Waals surface area contributed by atoms with E-state index in [2.05, 4.69) is 42.8 Å². The zero-order valence-corrected chi connectivity index (χ0v) is 12.7. The Hall–Kier alpha value is -0.120. The van der Waals surface area contributed by atoms with Crippen molar-refractivity contribution in [2.75, 3.05) is 32.7 Å². The molecule has 0 radical (unpaired) electrons. The Morgan fingerprint density at radius 3 is 2.28 bits per heavy atom. The zero-order valence-electron chi connectivity index (χ0n) is 12.7. The minimum absolute atomic E-state index is 0.341. The van der Waals surface area contributed by atoms with Crippen LogP contribution in [0.25, 0.3) is 0 Å². The lowest BCUT2D eigenvalue weighted by Crippen LogP contribution is -2.55. The van der Waals surface area contributed by atoms with Gasteiger partial charge in [0.05, 0.1) is 0 Å². The van der Waals surface area contributed by atoms with Crippen molar-refractivity contribution in [2.45, 2.75) is 64.6 Å². The molecule has 3 nitrogen and oxygen atoms in total. The molecule has 0 bridgehead atoms. The van der Waals surface area contributed by atoms with Gasteiger partial charge in [-0.05, 0) is 46.6 Å². The smallest absolute Gasteiger partial charge is 0.0126 e. The normalized spacial score (nSPS) is 32.0. The van der Waals surface area contributed by atoms with Crippen LogP contribution in [0, 0.1) is 0 Å². The average Bonchev–Trinajstić information content (AvgIpc) is 2.77. The highest BCUT2D eigenvalue weighted by molar-refractivity contribution is 4.90. The Labute approximate surface area is 113 Å². The molecule has 1 N–H and O–H groups in total. The highest BCUT2D eigenvalue weighted by atomic mass is 15.3. The summed E-state index contributed by atoms with van der Waals surface area (Å²) < 4.78 is 0. The summed E-state index contributed by atoms with van der Waals surface area (Å²) in [6.45, 7) is 15.3. The van der Waals surface area contributed by atoms with Gasteiger partial charge >= 0.3 is 0 Å². The topological polar surface area (TPSA) is 18.5 Å². The predicted molar refractivity (Wildman–Crippen MR) is 78.0 cm³/mol. The van der Waals surface area contributed by atoms with Crippen molar-refractivity contribution in [3.05, 3.63) is 0 Å². The van der Waals surface area contributed by atoms with Gasteiger partial charge in [0, 0.05) is 43.8 Å². The van der Waals surface area contributed by atoms with Gasteiger partial charge in [-0.15, -0.1) is 0 Å². The molecule has 1 aliphatic carbocycles. The van der Waals surface area contributed by atoms with E-state index in [1.165, 1.54) is 45.4 Å². The molecule has 2 atom stereocenters. The zero-order chi connectivity index (χ0) is 13.2. The lowest BCUT2D eigenvalue weighted by atomic mass is 10.0. The molecule has 0 aromatic carbocycles. The van der Waals surface area contributed by atoms with Gasteiger partial charge in [-0.3, -0.25) is 9.80 Å². The van der Waals surface area contributed by atoms with Crippen molar-refractivity contribution in [3.63, 3.8) is 0 Å². The molecule has 1 aliphatic heterocycles. The number of rotatable bonds is 3. The van der Waals surface area contributed by atoms with Gasteiger partial charge in [-0.1, -0.05) is 6.92 Å². The maximum absolute atomic E-state index is 3.61. The summed E-state index contributed by atoms with van der Waals surface area (Å²) in [5.41, 5.74) is 0.341. The van der Waals surface area contributed by atoms with E-state index in [1.54, 1.807) is 0 Å². The Morgan fingerprint density at radius 1 is 1.06 bits per heavy atom. The molecular formula is C15H31N3. The summed E-state index contributed by atoms with van der Waals surface area (Å²) >= 11 is 0. The standard InChI is InChI=1S/C15H31N3/c1-5-16-13-6-7-14(12-13)17-8-10-18(11-9-17)15(2,3)4/h13-14,16H,5-12H2,1-4H3. The van der Waals surface area contributed by atoms with Crippen LogP contribution in [-0.4, -0.2) is 60.1 Å². The maximum atomic E-state index is 3.61. The summed E-state index contributed by atoms with van der Waals surface area (Å²) in [5, 5.41) is 3.61. The van der Waals surface area contributed by atoms with E-state index < -0.39 is 0 Å². The van der Waals surface area contributed by atoms with Gasteiger partial charge in [-0.2, -0.15) is 0 Å². The number of piperazine rings is 1. The van der Waals surface area contributed by atoms with Crippen molar-refractivity contribution in [1.29, 1.82) is 0 Å². The number of hydrogen-bond acceptors (Lipinski definition) is 3. The highest BCUT2D eigenvalue weighted by Crippen LogP contribution is 2.26. The van der Waals surface area contributed by atoms with Crippen LogP contribution in [0.15, 0.2) is 0 Å². The van der Waals surface area contributed by atoms with Crippen LogP contribution in [0.2, 0.25) is 0 Å². The van der Waals surface area contributed by atoms with E-state index in [0.29, 0.717) is 5.54 Å². The monoisotopic (exact) mass is 253 g/mol. The van der Waals surface area contributed by atoms with E-state index >= 15 is 0 Å². The van der Waals surface area contributed by atoms with E-state index in [9.17, 15) is 0 Å². The lowest BCUT2D eigenvalue weighted by Gasteiger charge is -2.44. The Morgan fingerprint density at radius 2 is 1.72 bits per heavy atom. The first-order chi connectivity index (χ1) is 8.50. The summed E-state index contributed by atoms with van der Waals surface area (Å²) in [6, 6.07) is 1.62. The van der Waals surface area contributed by atoms with Crippen molar-refractivity contribution in [3.8, 4) is 0 Å². The predicted octanol–water partition coefficient (Wildman–Crippen LogP) is 1.93. The Bertz CT molecular complexity index is 251. The van der Waals surface area contributed by atoms with Crippen molar-refractivity contribution < 1.29 is 0 Å². The molecule has 0 spiro atoms. The molecular weight excluding hydrogens is 222 g/mol. The largest absolute Gasteiger partial charge is 0.314 e. The van der Waals surface area contributed by atoms with Crippen LogP contribution in [0.4, 0.5) is 0 Å². The number of hydrogen-bond donors (Lipinski definition) is 1. The fourth-order valence-corrected chi connectivity index (χ4v) is 3.52. The molecule has 1 saturated heterocycles. The number of nitrogens with zero attached hydrogens (tertiary/aromatic N) is 2. The molecule has 2 rings (SSSR count). The molecule has 1 saturated carbocycles. The fraction of sp³-hybridized carbons (Fsp3) is 1.00. The SMILES string of the molecule is CCNC1CCC(N2CCN(C(C)(C)C)CC2)C1. The Kier molecular flexibility index (Phi) is 4.68. The van der Waals surface area contributed by atoms with Crippen LogP contribution in [0.3, 0.4) is 0 Å². The van der Waals surface area contributed by atoms with Crippen LogP contribution in [0.5, 0.6) is 0 Å². The molecule has 1 heterocycles. The van der Waals surface area contributed by atoms with Crippen LogP contribution < -0.4 is 5.32 Å². The molecule has 0 amide bonds. The van der Waals surface area contributed by atoms with E-state index in [4.69, 9.17) is 0 Å². The summed E-state index contributed by atoms with van der Waals surface area (Å²) in [6.07, 6.45) is 4.13. The second-order valence-corrected chi connectivity index (χ2v) is 6.92. The van der Waals surface area contributed by atoms with Crippen LogP contribution in [-0.2, 0) is 0 Å². The molecule has 2 unspecified atom stereocenters. The highest BCUT2D eigenvalue weighted by Gasteiger charge is 2.32. The first-order valence-corrected chi connectivity index (χ1v) is 7.73. The third kappa shape index (κ3) is 3.46.